The maximum Gasteiger partial charge on any atom is 0.418 e. The number of hydrogen-bond donors (Lipinski definition) is 1. The van der Waals surface area contributed by atoms with Crippen LogP contribution in [0.2, 0.25) is 0 Å². The lowest BCUT2D eigenvalue weighted by Gasteiger charge is -2.31. The van der Waals surface area contributed by atoms with Crippen LogP contribution in [0.3, 0.4) is 0 Å². The Bertz CT molecular complexity index is 481. The van der Waals surface area contributed by atoms with Gasteiger partial charge < -0.3 is 10.0 Å². The van der Waals surface area contributed by atoms with Crippen molar-refractivity contribution in [2.75, 3.05) is 19.6 Å². The fraction of sp³-hybridized carbons (Fsp3) is 0.600. The minimum atomic E-state index is -4.86. The molecule has 1 aromatic carbocycles. The summed E-state index contributed by atoms with van der Waals surface area (Å²) in [5, 5.41) is 9.27. The minimum Gasteiger partial charge on any atom is -0.379 e. The molecule has 1 atom stereocenters. The second-order valence-corrected chi connectivity index (χ2v) is 5.40. The number of nitrogens with zero attached hydrogens (tertiary/aromatic N) is 1. The SMILES string of the molecule is CCN1CCC(c2cccc(C(O)C(F)(F)F)c2F)CC1. The summed E-state index contributed by atoms with van der Waals surface area (Å²) >= 11 is 0. The Hall–Kier alpha value is -1.14. The van der Waals surface area contributed by atoms with Crippen molar-refractivity contribution in [1.82, 2.24) is 4.90 Å². The molecule has 0 radical (unpaired) electrons. The van der Waals surface area contributed by atoms with Gasteiger partial charge in [-0.05, 0) is 44.0 Å². The maximum absolute atomic E-state index is 14.3. The second kappa shape index (κ2) is 6.32. The highest BCUT2D eigenvalue weighted by molar-refractivity contribution is 5.31. The van der Waals surface area contributed by atoms with E-state index in [4.69, 9.17) is 0 Å². The predicted octanol–water partition coefficient (Wildman–Crippen LogP) is 3.62. The molecular weight excluding hydrogens is 286 g/mol. The first kappa shape index (κ1) is 16.2. The van der Waals surface area contributed by atoms with Crippen LogP contribution in [0.1, 0.15) is 42.9 Å². The fourth-order valence-corrected chi connectivity index (χ4v) is 2.83. The van der Waals surface area contributed by atoms with Gasteiger partial charge in [-0.15, -0.1) is 0 Å². The molecule has 2 nitrogen and oxygen atoms in total. The first-order valence-corrected chi connectivity index (χ1v) is 7.10. The van der Waals surface area contributed by atoms with Gasteiger partial charge in [-0.3, -0.25) is 0 Å². The van der Waals surface area contributed by atoms with E-state index >= 15 is 0 Å². The molecule has 1 aliphatic heterocycles. The molecule has 118 valence electrons. The van der Waals surface area contributed by atoms with Gasteiger partial charge in [0.15, 0.2) is 6.10 Å². The van der Waals surface area contributed by atoms with Crippen LogP contribution in [0.5, 0.6) is 0 Å². The Kier molecular flexibility index (Phi) is 4.88. The molecule has 0 aliphatic carbocycles. The summed E-state index contributed by atoms with van der Waals surface area (Å²) in [5.41, 5.74) is -0.399. The highest BCUT2D eigenvalue weighted by atomic mass is 19.4. The van der Waals surface area contributed by atoms with Gasteiger partial charge in [0, 0.05) is 5.56 Å². The first-order chi connectivity index (χ1) is 9.84. The largest absolute Gasteiger partial charge is 0.418 e. The number of benzene rings is 1. The zero-order valence-corrected chi connectivity index (χ0v) is 11.8. The number of rotatable bonds is 3. The van der Waals surface area contributed by atoms with E-state index in [2.05, 4.69) is 4.90 Å². The molecule has 0 saturated carbocycles. The molecule has 1 N–H and O–H groups in total. The van der Waals surface area contributed by atoms with Crippen molar-refractivity contribution in [2.24, 2.45) is 0 Å². The van der Waals surface area contributed by atoms with Gasteiger partial charge in [0.05, 0.1) is 0 Å². The average molecular weight is 305 g/mol. The van der Waals surface area contributed by atoms with Crippen molar-refractivity contribution in [1.29, 1.82) is 0 Å². The van der Waals surface area contributed by atoms with Crippen LogP contribution in [0, 0.1) is 5.82 Å². The molecule has 21 heavy (non-hydrogen) atoms. The minimum absolute atomic E-state index is 0.0896. The quantitative estimate of drug-likeness (QED) is 0.862. The predicted molar refractivity (Wildman–Crippen MR) is 71.5 cm³/mol. The standard InChI is InChI=1S/C15H19F4NO/c1-2-20-8-6-10(7-9-20)11-4-3-5-12(13(11)16)14(21)15(17,18)19/h3-5,10,14,21H,2,6-9H2,1H3. The smallest absolute Gasteiger partial charge is 0.379 e. The van der Waals surface area contributed by atoms with E-state index in [-0.39, 0.29) is 11.5 Å². The van der Waals surface area contributed by atoms with Crippen LogP contribution in [0.4, 0.5) is 17.6 Å². The third-order valence-electron chi connectivity index (χ3n) is 4.14. The van der Waals surface area contributed by atoms with Crippen molar-refractivity contribution in [3.63, 3.8) is 0 Å². The zero-order valence-electron chi connectivity index (χ0n) is 11.8. The Morgan fingerprint density at radius 1 is 1.29 bits per heavy atom. The van der Waals surface area contributed by atoms with Gasteiger partial charge in [-0.25, -0.2) is 4.39 Å². The normalized spacial score (nSPS) is 19.7. The summed E-state index contributed by atoms with van der Waals surface area (Å²) in [6.07, 6.45) is -6.19. The number of halogens is 4. The molecule has 0 spiro atoms. The lowest BCUT2D eigenvalue weighted by molar-refractivity contribution is -0.207. The fourth-order valence-electron chi connectivity index (χ4n) is 2.83. The molecule has 2 rings (SSSR count). The van der Waals surface area contributed by atoms with Crippen molar-refractivity contribution in [3.8, 4) is 0 Å². The van der Waals surface area contributed by atoms with Gasteiger partial charge in [0.1, 0.15) is 5.82 Å². The summed E-state index contributed by atoms with van der Waals surface area (Å²) in [4.78, 5) is 2.23. The second-order valence-electron chi connectivity index (χ2n) is 5.40. The summed E-state index contributed by atoms with van der Waals surface area (Å²) in [5.74, 6) is -1.01. The average Bonchev–Trinajstić information content (AvgIpc) is 2.46. The highest BCUT2D eigenvalue weighted by Gasteiger charge is 2.41. The third-order valence-corrected chi connectivity index (χ3v) is 4.14. The van der Waals surface area contributed by atoms with Gasteiger partial charge in [0.2, 0.25) is 0 Å². The Labute approximate surface area is 121 Å². The molecule has 6 heteroatoms. The number of hydrogen-bond acceptors (Lipinski definition) is 2. The van der Waals surface area contributed by atoms with E-state index in [1.54, 1.807) is 0 Å². The molecule has 1 fully saturated rings. The molecule has 0 amide bonds. The van der Waals surface area contributed by atoms with Crippen LogP contribution in [0.15, 0.2) is 18.2 Å². The first-order valence-electron chi connectivity index (χ1n) is 7.10. The number of likely N-dealkylation sites (tertiary alicyclic amines) is 1. The lowest BCUT2D eigenvalue weighted by Crippen LogP contribution is -2.33. The summed E-state index contributed by atoms with van der Waals surface area (Å²) in [6, 6.07) is 3.90. The van der Waals surface area contributed by atoms with E-state index in [1.807, 2.05) is 6.92 Å². The molecule has 1 aliphatic rings. The molecular formula is C15H19F4NO. The van der Waals surface area contributed by atoms with Gasteiger partial charge in [-0.2, -0.15) is 13.2 Å². The number of aliphatic hydroxyl groups is 1. The Balaban J connectivity index is 2.23. The number of piperidine rings is 1. The number of aliphatic hydroxyl groups excluding tert-OH is 1. The molecule has 1 unspecified atom stereocenters. The molecule has 0 bridgehead atoms. The third kappa shape index (κ3) is 3.55. The van der Waals surface area contributed by atoms with E-state index in [0.29, 0.717) is 0 Å². The molecule has 1 aromatic rings. The van der Waals surface area contributed by atoms with Gasteiger partial charge in [-0.1, -0.05) is 25.1 Å². The Morgan fingerprint density at radius 3 is 2.43 bits per heavy atom. The number of alkyl halides is 3. The molecule has 1 saturated heterocycles. The summed E-state index contributed by atoms with van der Waals surface area (Å²) in [7, 11) is 0. The van der Waals surface area contributed by atoms with Crippen molar-refractivity contribution < 1.29 is 22.7 Å². The van der Waals surface area contributed by atoms with E-state index in [0.717, 1.165) is 38.5 Å². The van der Waals surface area contributed by atoms with Crippen molar-refractivity contribution in [2.45, 2.75) is 38.0 Å². The lowest BCUT2D eigenvalue weighted by atomic mass is 9.87. The van der Waals surface area contributed by atoms with E-state index in [1.165, 1.54) is 12.1 Å². The summed E-state index contributed by atoms with van der Waals surface area (Å²) < 4.78 is 52.0. The monoisotopic (exact) mass is 305 g/mol. The highest BCUT2D eigenvalue weighted by Crippen LogP contribution is 2.37. The molecule has 0 aromatic heterocycles. The van der Waals surface area contributed by atoms with Gasteiger partial charge >= 0.3 is 6.18 Å². The van der Waals surface area contributed by atoms with Gasteiger partial charge in [0.25, 0.3) is 0 Å². The van der Waals surface area contributed by atoms with Crippen molar-refractivity contribution >= 4 is 0 Å². The Morgan fingerprint density at radius 2 is 1.90 bits per heavy atom. The van der Waals surface area contributed by atoms with Crippen LogP contribution >= 0.6 is 0 Å². The maximum atomic E-state index is 14.3. The summed E-state index contributed by atoms with van der Waals surface area (Å²) in [6.45, 7) is 4.59. The van der Waals surface area contributed by atoms with Crippen molar-refractivity contribution in [3.05, 3.63) is 35.1 Å². The van der Waals surface area contributed by atoms with Crippen LogP contribution < -0.4 is 0 Å². The van der Waals surface area contributed by atoms with E-state index < -0.39 is 23.7 Å². The van der Waals surface area contributed by atoms with Crippen LogP contribution in [-0.4, -0.2) is 35.8 Å². The van der Waals surface area contributed by atoms with Crippen LogP contribution in [-0.2, 0) is 0 Å². The topological polar surface area (TPSA) is 23.5 Å². The van der Waals surface area contributed by atoms with E-state index in [9.17, 15) is 22.7 Å². The zero-order chi connectivity index (χ0) is 15.6. The molecule has 1 heterocycles. The van der Waals surface area contributed by atoms with Crippen LogP contribution in [0.25, 0.3) is 0 Å².